The molecule has 2 N–H and O–H groups in total. The molecular formula is C12H18F2N2O. The number of rotatable bonds is 4. The van der Waals surface area contributed by atoms with Crippen LogP contribution in [0.5, 0.6) is 0 Å². The summed E-state index contributed by atoms with van der Waals surface area (Å²) in [7, 11) is 0. The molecule has 3 nitrogen and oxygen atoms in total. The van der Waals surface area contributed by atoms with E-state index in [9.17, 15) is 8.78 Å². The largest absolute Gasteiger partial charge is 0.385 e. The van der Waals surface area contributed by atoms with Gasteiger partial charge in [-0.3, -0.25) is 0 Å². The van der Waals surface area contributed by atoms with Gasteiger partial charge in [0, 0.05) is 12.7 Å². The minimum Gasteiger partial charge on any atom is -0.385 e. The van der Waals surface area contributed by atoms with Gasteiger partial charge in [-0.25, -0.2) is 13.8 Å². The number of hydrogen-bond donors (Lipinski definition) is 2. The number of aliphatic hydroxyl groups is 1. The Morgan fingerprint density at radius 3 is 2.41 bits per heavy atom. The highest BCUT2D eigenvalue weighted by molar-refractivity contribution is 5.37. The van der Waals surface area contributed by atoms with Crippen LogP contribution in [0.25, 0.3) is 0 Å². The minimum atomic E-state index is -2.74. The number of anilines is 1. The van der Waals surface area contributed by atoms with Gasteiger partial charge in [-0.15, -0.1) is 0 Å². The summed E-state index contributed by atoms with van der Waals surface area (Å²) in [6, 6.07) is 3.61. The Balaban J connectivity index is 2.57. The van der Waals surface area contributed by atoms with E-state index < -0.39 is 12.5 Å². The summed E-state index contributed by atoms with van der Waals surface area (Å²) in [6.45, 7) is 5.99. The van der Waals surface area contributed by atoms with Crippen LogP contribution in [0.4, 0.5) is 14.6 Å². The normalized spacial score (nSPS) is 13.8. The molecule has 96 valence electrons. The van der Waals surface area contributed by atoms with Crippen LogP contribution >= 0.6 is 0 Å². The average molecular weight is 244 g/mol. The van der Waals surface area contributed by atoms with E-state index in [1.807, 2.05) is 6.07 Å². The molecule has 0 amide bonds. The zero-order chi connectivity index (χ0) is 13.1. The molecule has 0 saturated heterocycles. The SMILES string of the molecule is CC(C)(C)c1ccc(NCC(O)C(F)F)nc1. The third kappa shape index (κ3) is 4.26. The molecule has 0 aliphatic carbocycles. The third-order valence-corrected chi connectivity index (χ3v) is 2.41. The molecule has 0 spiro atoms. The van der Waals surface area contributed by atoms with Crippen molar-refractivity contribution in [2.75, 3.05) is 11.9 Å². The van der Waals surface area contributed by atoms with Gasteiger partial charge in [-0.1, -0.05) is 26.8 Å². The van der Waals surface area contributed by atoms with E-state index in [2.05, 4.69) is 31.1 Å². The van der Waals surface area contributed by atoms with Gasteiger partial charge in [-0.05, 0) is 17.0 Å². The van der Waals surface area contributed by atoms with Crippen molar-refractivity contribution in [3.63, 3.8) is 0 Å². The summed E-state index contributed by atoms with van der Waals surface area (Å²) in [5.41, 5.74) is 1.08. The first kappa shape index (κ1) is 13.8. The molecular weight excluding hydrogens is 226 g/mol. The van der Waals surface area contributed by atoms with E-state index >= 15 is 0 Å². The van der Waals surface area contributed by atoms with E-state index in [4.69, 9.17) is 5.11 Å². The lowest BCUT2D eigenvalue weighted by Gasteiger charge is -2.19. The molecule has 1 unspecified atom stereocenters. The minimum absolute atomic E-state index is 0.00795. The maximum Gasteiger partial charge on any atom is 0.265 e. The van der Waals surface area contributed by atoms with E-state index in [1.54, 1.807) is 12.3 Å². The molecule has 1 atom stereocenters. The second kappa shape index (κ2) is 5.40. The summed E-state index contributed by atoms with van der Waals surface area (Å²) in [5.74, 6) is 0.484. The Hall–Kier alpha value is -1.23. The van der Waals surface area contributed by atoms with Crippen LogP contribution < -0.4 is 5.32 Å². The van der Waals surface area contributed by atoms with E-state index in [1.165, 1.54) is 0 Å². The lowest BCUT2D eigenvalue weighted by molar-refractivity contribution is 0.00381. The number of nitrogens with one attached hydrogen (secondary N) is 1. The molecule has 1 aromatic heterocycles. The lowest BCUT2D eigenvalue weighted by Crippen LogP contribution is -2.27. The zero-order valence-corrected chi connectivity index (χ0v) is 10.2. The van der Waals surface area contributed by atoms with Gasteiger partial charge >= 0.3 is 0 Å². The van der Waals surface area contributed by atoms with Crippen molar-refractivity contribution in [2.45, 2.75) is 38.7 Å². The summed E-state index contributed by atoms with van der Waals surface area (Å²) < 4.78 is 24.1. The van der Waals surface area contributed by atoms with Crippen molar-refractivity contribution in [1.29, 1.82) is 0 Å². The maximum absolute atomic E-state index is 12.0. The van der Waals surface area contributed by atoms with Crippen LogP contribution in [-0.4, -0.2) is 29.2 Å². The molecule has 0 bridgehead atoms. The predicted molar refractivity (Wildman–Crippen MR) is 63.4 cm³/mol. The maximum atomic E-state index is 12.0. The molecule has 0 saturated carbocycles. The number of halogens is 2. The van der Waals surface area contributed by atoms with Gasteiger partial charge in [-0.2, -0.15) is 0 Å². The number of alkyl halides is 2. The number of pyridine rings is 1. The van der Waals surface area contributed by atoms with Gasteiger partial charge in [0.1, 0.15) is 11.9 Å². The summed E-state index contributed by atoms with van der Waals surface area (Å²) in [4.78, 5) is 4.11. The van der Waals surface area contributed by atoms with Crippen molar-refractivity contribution >= 4 is 5.82 Å². The van der Waals surface area contributed by atoms with Crippen LogP contribution in [0.1, 0.15) is 26.3 Å². The van der Waals surface area contributed by atoms with Crippen LogP contribution in [0.3, 0.4) is 0 Å². The van der Waals surface area contributed by atoms with E-state index in [0.717, 1.165) is 5.56 Å². The second-order valence-electron chi connectivity index (χ2n) is 4.96. The summed E-state index contributed by atoms with van der Waals surface area (Å²) in [6.07, 6.45) is -2.70. The average Bonchev–Trinajstić information content (AvgIpc) is 2.25. The Labute approximate surface area is 99.9 Å². The summed E-state index contributed by atoms with van der Waals surface area (Å²) >= 11 is 0. The first-order valence-corrected chi connectivity index (χ1v) is 5.47. The van der Waals surface area contributed by atoms with E-state index in [-0.39, 0.29) is 12.0 Å². The lowest BCUT2D eigenvalue weighted by atomic mass is 9.88. The van der Waals surface area contributed by atoms with Gasteiger partial charge in [0.05, 0.1) is 0 Å². The monoisotopic (exact) mass is 244 g/mol. The number of aromatic nitrogens is 1. The van der Waals surface area contributed by atoms with Gasteiger partial charge < -0.3 is 10.4 Å². The third-order valence-electron chi connectivity index (χ3n) is 2.41. The number of nitrogens with zero attached hydrogens (tertiary/aromatic N) is 1. The molecule has 1 rings (SSSR count). The molecule has 1 heterocycles. The van der Waals surface area contributed by atoms with E-state index in [0.29, 0.717) is 5.82 Å². The van der Waals surface area contributed by atoms with Crippen molar-refractivity contribution in [2.24, 2.45) is 0 Å². The Morgan fingerprint density at radius 1 is 1.35 bits per heavy atom. The summed E-state index contributed by atoms with van der Waals surface area (Å²) in [5, 5.41) is 11.6. The fraction of sp³-hybridized carbons (Fsp3) is 0.583. The van der Waals surface area contributed by atoms with Crippen molar-refractivity contribution in [3.8, 4) is 0 Å². The second-order valence-corrected chi connectivity index (χ2v) is 4.96. The highest BCUT2D eigenvalue weighted by atomic mass is 19.3. The highest BCUT2D eigenvalue weighted by Crippen LogP contribution is 2.21. The van der Waals surface area contributed by atoms with Gasteiger partial charge in [0.15, 0.2) is 0 Å². The van der Waals surface area contributed by atoms with Gasteiger partial charge in [0.2, 0.25) is 0 Å². The Bertz CT molecular complexity index is 347. The fourth-order valence-electron chi connectivity index (χ4n) is 1.24. The van der Waals surface area contributed by atoms with Crippen LogP contribution in [-0.2, 0) is 5.41 Å². The smallest absolute Gasteiger partial charge is 0.265 e. The van der Waals surface area contributed by atoms with Crippen molar-refractivity contribution < 1.29 is 13.9 Å². The predicted octanol–water partition coefficient (Wildman–Crippen LogP) is 2.42. The first-order chi connectivity index (χ1) is 7.80. The number of hydrogen-bond acceptors (Lipinski definition) is 3. The molecule has 0 aromatic carbocycles. The molecule has 0 aliphatic rings. The molecule has 0 fully saturated rings. The quantitative estimate of drug-likeness (QED) is 0.855. The standard InChI is InChI=1S/C12H18F2N2O/c1-12(2,3)8-4-5-10(15-6-8)16-7-9(17)11(13)14/h4-6,9,11,17H,7H2,1-3H3,(H,15,16). The Morgan fingerprint density at radius 2 is 2.00 bits per heavy atom. The number of aliphatic hydroxyl groups excluding tert-OH is 1. The highest BCUT2D eigenvalue weighted by Gasteiger charge is 2.17. The topological polar surface area (TPSA) is 45.1 Å². The molecule has 5 heteroatoms. The molecule has 0 radical (unpaired) electrons. The van der Waals surface area contributed by atoms with Crippen LogP contribution in [0, 0.1) is 0 Å². The molecule has 1 aromatic rings. The molecule has 17 heavy (non-hydrogen) atoms. The fourth-order valence-corrected chi connectivity index (χ4v) is 1.24. The van der Waals surface area contributed by atoms with Crippen molar-refractivity contribution in [1.82, 2.24) is 4.98 Å². The Kier molecular flexibility index (Phi) is 4.40. The zero-order valence-electron chi connectivity index (χ0n) is 10.2. The first-order valence-electron chi connectivity index (χ1n) is 5.47. The van der Waals surface area contributed by atoms with Crippen molar-refractivity contribution in [3.05, 3.63) is 23.9 Å². The molecule has 0 aliphatic heterocycles. The van der Waals surface area contributed by atoms with Crippen LogP contribution in [0.15, 0.2) is 18.3 Å². The van der Waals surface area contributed by atoms with Gasteiger partial charge in [0.25, 0.3) is 6.43 Å². The van der Waals surface area contributed by atoms with Crippen LogP contribution in [0.2, 0.25) is 0 Å².